The number of hydrogen-bond donors (Lipinski definition) is 5. The molecule has 2 aliphatic rings. The first-order valence-electron chi connectivity index (χ1n) is 18.3. The van der Waals surface area contributed by atoms with Crippen LogP contribution in [0.15, 0.2) is 44.9 Å². The number of nitrogens with one attached hydrogen (secondary N) is 2. The van der Waals surface area contributed by atoms with Crippen molar-refractivity contribution in [3.8, 4) is 5.88 Å². The van der Waals surface area contributed by atoms with Gasteiger partial charge in [-0.15, -0.1) is 0 Å². The second-order valence-electron chi connectivity index (χ2n) is 13.3. The minimum atomic E-state index is -4.32. The van der Waals surface area contributed by atoms with Crippen LogP contribution in [0.5, 0.6) is 5.88 Å². The number of aromatic nitrogens is 2. The zero-order valence-corrected chi connectivity index (χ0v) is 32.1. The van der Waals surface area contributed by atoms with Gasteiger partial charge in [0.15, 0.2) is 0 Å². The molecule has 2 amide bonds. The monoisotopic (exact) mass is 811 g/mol. The number of rotatable bonds is 19. The van der Waals surface area contributed by atoms with Crippen molar-refractivity contribution in [2.24, 2.45) is 5.92 Å². The summed E-state index contributed by atoms with van der Waals surface area (Å²) in [5.41, 5.74) is 0. The predicted octanol–water partition coefficient (Wildman–Crippen LogP) is 1.28. The molecule has 1 aromatic heterocycles. The van der Waals surface area contributed by atoms with Crippen molar-refractivity contribution in [1.82, 2.24) is 20.7 Å². The van der Waals surface area contributed by atoms with Crippen LogP contribution in [0.3, 0.4) is 0 Å². The molecule has 0 spiro atoms. The molecule has 310 valence electrons. The van der Waals surface area contributed by atoms with E-state index >= 15 is 0 Å². The Morgan fingerprint density at radius 2 is 1.70 bits per heavy atom. The number of hydrogen-bond acceptors (Lipinski definition) is 14. The van der Waals surface area contributed by atoms with Gasteiger partial charge in [0.1, 0.15) is 24.7 Å². The number of carboxylic acids is 3. The number of nitrogens with zero attached hydrogens (tertiary/aromatic N) is 3. The summed E-state index contributed by atoms with van der Waals surface area (Å²) in [4.78, 5) is 71.4. The van der Waals surface area contributed by atoms with Crippen molar-refractivity contribution < 1.29 is 71.5 Å². The number of sulfone groups is 1. The quantitative estimate of drug-likeness (QED) is 0.0986. The first kappa shape index (κ1) is 45.1. The molecule has 1 aliphatic heterocycles. The lowest BCUT2D eigenvalue weighted by Crippen LogP contribution is -2.55. The molecule has 2 aromatic rings. The lowest BCUT2D eigenvalue weighted by Gasteiger charge is -2.35. The van der Waals surface area contributed by atoms with Gasteiger partial charge in [-0.1, -0.05) is 44.4 Å². The Morgan fingerprint density at radius 1 is 1.02 bits per heavy atom. The smallest absolute Gasteiger partial charge is 0.414 e. The Labute approximate surface area is 322 Å². The van der Waals surface area contributed by atoms with E-state index in [1.807, 2.05) is 6.92 Å². The molecule has 1 saturated carbocycles. The van der Waals surface area contributed by atoms with Crippen LogP contribution in [0.25, 0.3) is 0 Å². The molecule has 4 rings (SSSR count). The maximum Gasteiger partial charge on any atom is 0.414 e. The summed E-state index contributed by atoms with van der Waals surface area (Å²) in [6.45, 7) is 5.26. The summed E-state index contributed by atoms with van der Waals surface area (Å²) in [7, 11) is -4.32. The van der Waals surface area contributed by atoms with Crippen molar-refractivity contribution in [2.45, 2.75) is 125 Å². The summed E-state index contributed by atoms with van der Waals surface area (Å²) >= 11 is 0. The first-order valence-corrected chi connectivity index (χ1v) is 19.8. The van der Waals surface area contributed by atoms with Crippen molar-refractivity contribution in [3.63, 3.8) is 0 Å². The number of esters is 1. The van der Waals surface area contributed by atoms with Crippen molar-refractivity contribution in [1.29, 1.82) is 0 Å². The van der Waals surface area contributed by atoms with Gasteiger partial charge in [-0.25, -0.2) is 18.0 Å². The van der Waals surface area contributed by atoms with Gasteiger partial charge in [0.2, 0.25) is 11.8 Å². The number of aliphatic carboxylic acids is 3. The van der Waals surface area contributed by atoms with Crippen LogP contribution in [0.4, 0.5) is 0 Å². The minimum absolute atomic E-state index is 0.00817. The number of ether oxygens (including phenoxy) is 2. The van der Waals surface area contributed by atoms with Crippen molar-refractivity contribution in [3.05, 3.63) is 35.5 Å². The molecule has 0 bridgehead atoms. The number of carbonyl (C=O) groups is 6. The molecule has 2 heterocycles. The summed E-state index contributed by atoms with van der Waals surface area (Å²) in [5, 5.41) is 46.5. The van der Waals surface area contributed by atoms with E-state index < -0.39 is 88.2 Å². The van der Waals surface area contributed by atoms with Crippen LogP contribution in [-0.2, 0) is 43.3 Å². The molecule has 20 nitrogen and oxygen atoms in total. The highest BCUT2D eigenvalue weighted by Crippen LogP contribution is 2.40. The van der Waals surface area contributed by atoms with E-state index in [0.717, 1.165) is 32.1 Å². The third-order valence-corrected chi connectivity index (χ3v) is 11.0. The van der Waals surface area contributed by atoms with Gasteiger partial charge in [0.05, 0.1) is 29.1 Å². The van der Waals surface area contributed by atoms with Crippen molar-refractivity contribution >= 4 is 45.5 Å². The van der Waals surface area contributed by atoms with E-state index in [1.54, 1.807) is 24.8 Å². The number of benzene rings is 1. The standard InChI is InChI=1S/C19H32N2O5.C16H17N3O10S/c1-4-8-14(19(25)26-5-2)20-12(3)17(22)21-15-10-7-6-9-13(15)11-16(21)18(23)24;20-12(17-11(16(23)24)6-7-13(21)22)8-9-28-14-15(19(25)29-18-14)30(26,27)10-4-2-1-3-5-10/h12-16,20H,4-11H2,1-3H3,(H,23,24);1-5,11H,6-9H2,(H,17,20)(H,21,22)(H,23,24)/t12-,13-,14-,15-,16?;11-/m00/s1. The highest BCUT2D eigenvalue weighted by molar-refractivity contribution is 7.91. The average molecular weight is 812 g/mol. The van der Waals surface area contributed by atoms with Crippen LogP contribution in [-0.4, -0.2) is 113 Å². The van der Waals surface area contributed by atoms with E-state index in [9.17, 15) is 47.5 Å². The van der Waals surface area contributed by atoms with Gasteiger partial charge in [-0.2, -0.15) is 0 Å². The highest BCUT2D eigenvalue weighted by atomic mass is 32.2. The summed E-state index contributed by atoms with van der Waals surface area (Å²) < 4.78 is 39.6. The van der Waals surface area contributed by atoms with Crippen LogP contribution >= 0.6 is 0 Å². The summed E-state index contributed by atoms with van der Waals surface area (Å²) in [6.07, 6.45) is 4.67. The normalized spacial score (nSPS) is 19.3. The Balaban J connectivity index is 0.000000303. The Morgan fingerprint density at radius 3 is 2.30 bits per heavy atom. The van der Waals surface area contributed by atoms with Gasteiger partial charge in [0.25, 0.3) is 9.84 Å². The van der Waals surface area contributed by atoms with Gasteiger partial charge in [-0.05, 0) is 68.9 Å². The second kappa shape index (κ2) is 21.1. The number of amides is 2. The number of fused-ring (bicyclic) bond motifs is 1. The Kier molecular flexibility index (Phi) is 17.0. The van der Waals surface area contributed by atoms with E-state index in [1.165, 1.54) is 24.3 Å². The molecular weight excluding hydrogens is 762 g/mol. The minimum Gasteiger partial charge on any atom is -0.481 e. The zero-order valence-electron chi connectivity index (χ0n) is 31.3. The lowest BCUT2D eigenvalue weighted by molar-refractivity contribution is -0.832. The van der Waals surface area contributed by atoms with Crippen molar-refractivity contribution in [2.75, 3.05) is 13.2 Å². The fourth-order valence-corrected chi connectivity index (χ4v) is 7.96. The predicted molar refractivity (Wildman–Crippen MR) is 190 cm³/mol. The molecule has 6 atom stereocenters. The lowest BCUT2D eigenvalue weighted by atomic mass is 9.84. The molecule has 1 aromatic carbocycles. The molecule has 0 radical (unpaired) electrons. The maximum absolute atomic E-state index is 13.1. The van der Waals surface area contributed by atoms with Gasteiger partial charge < -0.3 is 40.2 Å². The van der Waals surface area contributed by atoms with Gasteiger partial charge >= 0.3 is 34.8 Å². The maximum atomic E-state index is 13.1. The van der Waals surface area contributed by atoms with Crippen LogP contribution < -0.4 is 20.3 Å². The topological polar surface area (TPSA) is 296 Å². The molecule has 21 heteroatoms. The average Bonchev–Trinajstić information content (AvgIpc) is 3.74. The van der Waals surface area contributed by atoms with E-state index in [-0.39, 0.29) is 40.1 Å². The first-order chi connectivity index (χ1) is 26.5. The molecule has 1 unspecified atom stereocenters. The molecule has 1 aliphatic carbocycles. The Bertz CT molecular complexity index is 1790. The number of carboxylic acid groups (broad SMARTS) is 3. The van der Waals surface area contributed by atoms with E-state index in [4.69, 9.17) is 19.7 Å². The number of likely N-dealkylation sites (tertiary alicyclic amines) is 1. The third kappa shape index (κ3) is 12.1. The molecule has 2 fully saturated rings. The molecular formula is C35H49N5O15S. The summed E-state index contributed by atoms with van der Waals surface area (Å²) in [6, 6.07) is 3.64. The molecule has 56 heavy (non-hydrogen) atoms. The van der Waals surface area contributed by atoms with Crippen LogP contribution in [0, 0.1) is 11.1 Å². The SMILES string of the molecule is CCC[C@H](N[C@@H](C)C(=O)N1C(C(=O)O)C[C@@H]2CCCC[C@@H]21)C(=O)OCC.O=C(O)CC[C@H](NC(=O)CCOc1no[n+]([O-])c1S(=O)(=O)c1ccccc1)C(=O)O. The van der Waals surface area contributed by atoms with Crippen LogP contribution in [0.1, 0.15) is 85.0 Å². The van der Waals surface area contributed by atoms with E-state index in [2.05, 4.69) is 20.4 Å². The molecule has 5 N–H and O–H groups in total. The Hall–Kier alpha value is -5.31. The van der Waals surface area contributed by atoms with Gasteiger partial charge in [-0.3, -0.25) is 29.1 Å². The zero-order chi connectivity index (χ0) is 41.6. The largest absolute Gasteiger partial charge is 0.481 e. The second-order valence-corrected chi connectivity index (χ2v) is 15.1. The van der Waals surface area contributed by atoms with E-state index in [0.29, 0.717) is 19.4 Å². The third-order valence-electron chi connectivity index (χ3n) is 9.30. The summed E-state index contributed by atoms with van der Waals surface area (Å²) in [5.74, 6) is -5.33. The fourth-order valence-electron chi connectivity index (χ4n) is 6.67. The number of carbonyl (C=O) groups excluding carboxylic acids is 3. The van der Waals surface area contributed by atoms with Gasteiger partial charge in [0, 0.05) is 12.5 Å². The van der Waals surface area contributed by atoms with Crippen LogP contribution in [0.2, 0.25) is 0 Å². The highest BCUT2D eigenvalue weighted by Gasteiger charge is 2.48. The molecule has 1 saturated heterocycles. The fraction of sp³-hybridized carbons (Fsp3) is 0.600.